The van der Waals surface area contributed by atoms with Gasteiger partial charge < -0.3 is 5.11 Å². The minimum Gasteiger partial charge on any atom is -0.384 e. The van der Waals surface area contributed by atoms with Gasteiger partial charge in [-0.1, -0.05) is 23.7 Å². The number of hydrogen-bond donors (Lipinski definition) is 1. The van der Waals surface area contributed by atoms with Crippen LogP contribution in [0.2, 0.25) is 5.02 Å². The fourth-order valence-corrected chi connectivity index (χ4v) is 1.24. The predicted molar refractivity (Wildman–Crippen MR) is 54.5 cm³/mol. The van der Waals surface area contributed by atoms with Gasteiger partial charge in [0.2, 0.25) is 0 Å². The summed E-state index contributed by atoms with van der Waals surface area (Å²) in [6, 6.07) is 7.03. The van der Waals surface area contributed by atoms with Crippen molar-refractivity contribution in [1.29, 1.82) is 0 Å². The summed E-state index contributed by atoms with van der Waals surface area (Å²) in [5.74, 6) is 2.44. The van der Waals surface area contributed by atoms with Crippen molar-refractivity contribution in [1.82, 2.24) is 0 Å². The first-order valence-electron chi connectivity index (χ1n) is 3.98. The van der Waals surface area contributed by atoms with E-state index in [0.717, 1.165) is 5.56 Å². The van der Waals surface area contributed by atoms with Gasteiger partial charge in [-0.2, -0.15) is 0 Å². The highest BCUT2D eigenvalue weighted by atomic mass is 35.5. The van der Waals surface area contributed by atoms with E-state index >= 15 is 0 Å². The quantitative estimate of drug-likeness (QED) is 0.718. The van der Waals surface area contributed by atoms with E-state index in [1.54, 1.807) is 31.2 Å². The summed E-state index contributed by atoms with van der Waals surface area (Å²) in [6.07, 6.45) is 5.45. The number of rotatable bonds is 2. The topological polar surface area (TPSA) is 20.2 Å². The number of benzene rings is 1. The lowest BCUT2D eigenvalue weighted by atomic mass is 9.93. The van der Waals surface area contributed by atoms with Crippen LogP contribution < -0.4 is 0 Å². The summed E-state index contributed by atoms with van der Waals surface area (Å²) in [5, 5.41) is 10.5. The number of halogens is 1. The first-order chi connectivity index (χ1) is 6.06. The first-order valence-corrected chi connectivity index (χ1v) is 4.36. The fraction of sp³-hybridized carbons (Fsp3) is 0.273. The molecular formula is C11H11ClO. The van der Waals surface area contributed by atoms with Gasteiger partial charge in [0.15, 0.2) is 0 Å². The van der Waals surface area contributed by atoms with Crippen LogP contribution in [-0.2, 0) is 5.60 Å². The third kappa shape index (κ3) is 2.48. The van der Waals surface area contributed by atoms with Crippen LogP contribution in [0.4, 0.5) is 0 Å². The van der Waals surface area contributed by atoms with Gasteiger partial charge >= 0.3 is 0 Å². The smallest absolute Gasteiger partial charge is 0.0977 e. The van der Waals surface area contributed by atoms with Crippen molar-refractivity contribution in [3.05, 3.63) is 34.9 Å². The summed E-state index contributed by atoms with van der Waals surface area (Å²) >= 11 is 5.72. The summed E-state index contributed by atoms with van der Waals surface area (Å²) in [7, 11) is 0. The Kier molecular flexibility index (Phi) is 2.98. The minimum absolute atomic E-state index is 0.300. The Morgan fingerprint density at radius 1 is 1.46 bits per heavy atom. The van der Waals surface area contributed by atoms with Crippen LogP contribution in [-0.4, -0.2) is 5.11 Å². The maximum Gasteiger partial charge on any atom is 0.0977 e. The van der Waals surface area contributed by atoms with Crippen LogP contribution in [0.1, 0.15) is 18.9 Å². The summed E-state index contributed by atoms with van der Waals surface area (Å²) < 4.78 is 0. The van der Waals surface area contributed by atoms with Crippen LogP contribution in [0, 0.1) is 12.3 Å². The van der Waals surface area contributed by atoms with E-state index in [1.807, 2.05) is 0 Å². The van der Waals surface area contributed by atoms with Crippen LogP contribution in [0.15, 0.2) is 24.3 Å². The molecule has 0 aliphatic heterocycles. The monoisotopic (exact) mass is 194 g/mol. The van der Waals surface area contributed by atoms with E-state index in [4.69, 9.17) is 18.0 Å². The molecule has 1 aromatic carbocycles. The molecule has 0 saturated heterocycles. The zero-order valence-corrected chi connectivity index (χ0v) is 8.17. The summed E-state index contributed by atoms with van der Waals surface area (Å²) in [5.41, 5.74) is -0.172. The SMILES string of the molecule is C#CC[C@@](C)(O)c1ccc(Cl)cc1. The molecule has 1 atom stereocenters. The van der Waals surface area contributed by atoms with Crippen molar-refractivity contribution >= 4 is 11.6 Å². The molecule has 0 heterocycles. The van der Waals surface area contributed by atoms with Crippen LogP contribution in [0.3, 0.4) is 0 Å². The van der Waals surface area contributed by atoms with Crippen molar-refractivity contribution in [3.63, 3.8) is 0 Å². The predicted octanol–water partition coefficient (Wildman–Crippen LogP) is 2.57. The van der Waals surface area contributed by atoms with E-state index in [9.17, 15) is 5.11 Å². The zero-order chi connectivity index (χ0) is 9.90. The molecule has 0 unspecified atom stereocenters. The third-order valence-electron chi connectivity index (χ3n) is 1.91. The van der Waals surface area contributed by atoms with Gasteiger partial charge in [-0.25, -0.2) is 0 Å². The lowest BCUT2D eigenvalue weighted by molar-refractivity contribution is 0.0630. The van der Waals surface area contributed by atoms with Crippen LogP contribution in [0.25, 0.3) is 0 Å². The summed E-state index contributed by atoms with van der Waals surface area (Å²) in [4.78, 5) is 0. The molecule has 0 radical (unpaired) electrons. The molecule has 0 amide bonds. The molecule has 0 aromatic heterocycles. The van der Waals surface area contributed by atoms with Gasteiger partial charge in [-0.3, -0.25) is 0 Å². The lowest BCUT2D eigenvalue weighted by Crippen LogP contribution is -2.19. The molecule has 0 saturated carbocycles. The highest BCUT2D eigenvalue weighted by Crippen LogP contribution is 2.24. The van der Waals surface area contributed by atoms with Gasteiger partial charge in [0.1, 0.15) is 0 Å². The van der Waals surface area contributed by atoms with Gasteiger partial charge in [0, 0.05) is 11.4 Å². The molecule has 13 heavy (non-hydrogen) atoms. The second-order valence-electron chi connectivity index (χ2n) is 3.16. The Hall–Kier alpha value is -0.970. The van der Waals surface area contributed by atoms with Gasteiger partial charge in [0.25, 0.3) is 0 Å². The second-order valence-corrected chi connectivity index (χ2v) is 3.60. The molecule has 0 spiro atoms. The van der Waals surface area contributed by atoms with Gasteiger partial charge in [-0.05, 0) is 24.6 Å². The summed E-state index contributed by atoms with van der Waals surface area (Å²) in [6.45, 7) is 1.69. The van der Waals surface area contributed by atoms with Gasteiger partial charge in [0.05, 0.1) is 5.60 Å². The van der Waals surface area contributed by atoms with E-state index in [1.165, 1.54) is 0 Å². The molecule has 0 aliphatic rings. The van der Waals surface area contributed by atoms with E-state index < -0.39 is 5.60 Å². The molecular weight excluding hydrogens is 184 g/mol. The standard InChI is InChI=1S/C11H11ClO/c1-3-8-11(2,13)9-4-6-10(12)7-5-9/h1,4-7,13H,8H2,2H3/t11-/m1/s1. The average Bonchev–Trinajstić information content (AvgIpc) is 2.05. The van der Waals surface area contributed by atoms with Crippen LogP contribution in [0.5, 0.6) is 0 Å². The van der Waals surface area contributed by atoms with Crippen LogP contribution >= 0.6 is 11.6 Å². The molecule has 0 fully saturated rings. The number of aliphatic hydroxyl groups is 1. The zero-order valence-electron chi connectivity index (χ0n) is 7.42. The molecule has 1 N–H and O–H groups in total. The Balaban J connectivity index is 2.95. The number of terminal acetylenes is 1. The molecule has 0 bridgehead atoms. The molecule has 2 heteroatoms. The van der Waals surface area contributed by atoms with E-state index in [-0.39, 0.29) is 0 Å². The Labute approximate surface area is 83.4 Å². The Morgan fingerprint density at radius 2 is 2.00 bits per heavy atom. The number of hydrogen-bond acceptors (Lipinski definition) is 1. The van der Waals surface area contributed by atoms with E-state index in [2.05, 4.69) is 5.92 Å². The highest BCUT2D eigenvalue weighted by Gasteiger charge is 2.21. The largest absolute Gasteiger partial charge is 0.384 e. The fourth-order valence-electron chi connectivity index (χ4n) is 1.11. The van der Waals surface area contributed by atoms with Crippen molar-refractivity contribution in [2.24, 2.45) is 0 Å². The molecule has 68 valence electrons. The van der Waals surface area contributed by atoms with Crippen molar-refractivity contribution in [3.8, 4) is 12.3 Å². The Bertz CT molecular complexity index is 319. The molecule has 1 rings (SSSR count). The average molecular weight is 195 g/mol. The maximum absolute atomic E-state index is 9.89. The molecule has 1 aromatic rings. The molecule has 1 nitrogen and oxygen atoms in total. The Morgan fingerprint density at radius 3 is 2.46 bits per heavy atom. The van der Waals surface area contributed by atoms with Gasteiger partial charge in [-0.15, -0.1) is 12.3 Å². The van der Waals surface area contributed by atoms with E-state index in [0.29, 0.717) is 11.4 Å². The second kappa shape index (κ2) is 3.83. The normalized spacial score (nSPS) is 14.6. The van der Waals surface area contributed by atoms with Crippen molar-refractivity contribution < 1.29 is 5.11 Å². The van der Waals surface area contributed by atoms with Crippen molar-refractivity contribution in [2.75, 3.05) is 0 Å². The van der Waals surface area contributed by atoms with Crippen molar-refractivity contribution in [2.45, 2.75) is 18.9 Å². The molecule has 0 aliphatic carbocycles. The third-order valence-corrected chi connectivity index (χ3v) is 2.16. The minimum atomic E-state index is -0.959. The maximum atomic E-state index is 9.89. The lowest BCUT2D eigenvalue weighted by Gasteiger charge is -2.20. The first kappa shape index (κ1) is 10.1. The highest BCUT2D eigenvalue weighted by molar-refractivity contribution is 6.30.